The number of hydrogen-bond donors (Lipinski definition) is 2. The number of carboxylic acids is 1. The Bertz CT molecular complexity index is 1130. The molecule has 1 saturated heterocycles. The van der Waals surface area contributed by atoms with Gasteiger partial charge in [0.1, 0.15) is 6.04 Å². The molecular weight excluding hydrogens is 354 g/mol. The molecule has 0 amide bonds. The smallest absolute Gasteiger partial charge is 0.325 e. The van der Waals surface area contributed by atoms with Gasteiger partial charge < -0.3 is 14.7 Å². The molecule has 6 nitrogen and oxygen atoms in total. The molecule has 2 N–H and O–H groups in total. The molecule has 5 rings (SSSR count). The second-order valence-electron chi connectivity index (χ2n) is 8.19. The number of aliphatic carboxylic acids is 1. The van der Waals surface area contributed by atoms with Crippen molar-refractivity contribution in [1.82, 2.24) is 14.5 Å². The minimum absolute atomic E-state index is 0.0440. The van der Waals surface area contributed by atoms with Gasteiger partial charge in [-0.05, 0) is 37.5 Å². The van der Waals surface area contributed by atoms with Gasteiger partial charge in [-0.15, -0.1) is 0 Å². The largest absolute Gasteiger partial charge is 0.480 e. The SMILES string of the molecule is Cc1ccc2[nH]cc([C@H](C(=O)O)N3C[C@@H]4C[C@@H](C3)c3cccc(=O)n3C4)c2c1. The maximum Gasteiger partial charge on any atom is 0.325 e. The van der Waals surface area contributed by atoms with Crippen LogP contribution < -0.4 is 5.56 Å². The fourth-order valence-electron chi connectivity index (χ4n) is 5.11. The van der Waals surface area contributed by atoms with Crippen LogP contribution in [0.3, 0.4) is 0 Å². The summed E-state index contributed by atoms with van der Waals surface area (Å²) in [5.74, 6) is -0.344. The van der Waals surface area contributed by atoms with Gasteiger partial charge >= 0.3 is 5.97 Å². The Labute approximate surface area is 162 Å². The van der Waals surface area contributed by atoms with Crippen molar-refractivity contribution >= 4 is 16.9 Å². The zero-order chi connectivity index (χ0) is 19.4. The van der Waals surface area contributed by atoms with Crippen LogP contribution in [0.15, 0.2) is 47.4 Å². The van der Waals surface area contributed by atoms with Crippen molar-refractivity contribution < 1.29 is 9.90 Å². The first-order valence-electron chi connectivity index (χ1n) is 9.75. The topological polar surface area (TPSA) is 78.3 Å². The van der Waals surface area contributed by atoms with Crippen molar-refractivity contribution in [2.75, 3.05) is 13.1 Å². The van der Waals surface area contributed by atoms with Crippen LogP contribution in [0.4, 0.5) is 0 Å². The highest BCUT2D eigenvalue weighted by Gasteiger charge is 2.40. The molecular formula is C22H23N3O3. The Kier molecular flexibility index (Phi) is 3.91. The van der Waals surface area contributed by atoms with Crippen LogP contribution in [0.2, 0.25) is 0 Å². The van der Waals surface area contributed by atoms with Crippen molar-refractivity contribution in [2.24, 2.45) is 5.92 Å². The summed E-state index contributed by atoms with van der Waals surface area (Å²) in [4.78, 5) is 29.9. The number of rotatable bonds is 3. The van der Waals surface area contributed by atoms with Gasteiger partial charge in [0.15, 0.2) is 0 Å². The summed E-state index contributed by atoms with van der Waals surface area (Å²) in [7, 11) is 0. The quantitative estimate of drug-likeness (QED) is 0.736. The maximum atomic E-state index is 12.3. The summed E-state index contributed by atoms with van der Waals surface area (Å²) in [6.07, 6.45) is 2.85. The summed E-state index contributed by atoms with van der Waals surface area (Å²) in [5.41, 5.74) is 3.97. The zero-order valence-electron chi connectivity index (χ0n) is 15.8. The van der Waals surface area contributed by atoms with Crippen molar-refractivity contribution in [3.8, 4) is 0 Å². The number of nitrogens with zero attached hydrogens (tertiary/aromatic N) is 2. The third-order valence-corrected chi connectivity index (χ3v) is 6.27. The number of carboxylic acid groups (broad SMARTS) is 1. The van der Waals surface area contributed by atoms with E-state index < -0.39 is 12.0 Å². The lowest BCUT2D eigenvalue weighted by molar-refractivity contribution is -0.144. The number of aryl methyl sites for hydroxylation is 1. The van der Waals surface area contributed by atoms with Gasteiger partial charge in [-0.25, -0.2) is 0 Å². The summed E-state index contributed by atoms with van der Waals surface area (Å²) >= 11 is 0. The number of piperidine rings is 1. The normalized spacial score (nSPS) is 22.8. The van der Waals surface area contributed by atoms with Crippen LogP contribution in [0, 0.1) is 12.8 Å². The molecule has 0 radical (unpaired) electrons. The molecule has 0 unspecified atom stereocenters. The van der Waals surface area contributed by atoms with E-state index in [0.717, 1.165) is 34.1 Å². The number of fused-ring (bicyclic) bond motifs is 5. The Morgan fingerprint density at radius 3 is 2.89 bits per heavy atom. The molecule has 144 valence electrons. The van der Waals surface area contributed by atoms with Gasteiger partial charge in [-0.3, -0.25) is 14.5 Å². The average Bonchev–Trinajstić information content (AvgIpc) is 3.05. The number of aromatic amines is 1. The number of aromatic nitrogens is 2. The van der Waals surface area contributed by atoms with Crippen LogP contribution >= 0.6 is 0 Å². The van der Waals surface area contributed by atoms with Crippen LogP contribution in [0.25, 0.3) is 10.9 Å². The van der Waals surface area contributed by atoms with E-state index in [4.69, 9.17) is 0 Å². The molecule has 6 heteroatoms. The van der Waals surface area contributed by atoms with Gasteiger partial charge in [0.05, 0.1) is 0 Å². The van der Waals surface area contributed by atoms with Gasteiger partial charge in [-0.1, -0.05) is 17.7 Å². The molecule has 0 saturated carbocycles. The summed E-state index contributed by atoms with van der Waals surface area (Å²) in [6.45, 7) is 4.02. The fourth-order valence-corrected chi connectivity index (χ4v) is 5.11. The molecule has 2 aliphatic heterocycles. The maximum absolute atomic E-state index is 12.3. The van der Waals surface area contributed by atoms with E-state index in [1.54, 1.807) is 6.07 Å². The summed E-state index contributed by atoms with van der Waals surface area (Å²) in [6, 6.07) is 10.8. The standard InChI is InChI=1S/C22H23N3O3/c1-13-5-6-18-16(7-13)17(9-23-18)21(22(27)28)24-10-14-8-15(12-24)19-3-2-4-20(26)25(19)11-14/h2-7,9,14-15,21,23H,8,10-12H2,1H3,(H,27,28)/t14-,15-,21+/m0/s1. The lowest BCUT2D eigenvalue weighted by atomic mass is 9.82. The molecule has 28 heavy (non-hydrogen) atoms. The van der Waals surface area contributed by atoms with Crippen LogP contribution in [0.1, 0.15) is 35.2 Å². The Morgan fingerprint density at radius 1 is 1.21 bits per heavy atom. The van der Waals surface area contributed by atoms with Crippen molar-refractivity contribution in [3.63, 3.8) is 0 Å². The molecule has 2 aromatic heterocycles. The third-order valence-electron chi connectivity index (χ3n) is 6.27. The minimum Gasteiger partial charge on any atom is -0.480 e. The first-order valence-corrected chi connectivity index (χ1v) is 9.75. The lowest BCUT2D eigenvalue weighted by Crippen LogP contribution is -2.49. The fraction of sp³-hybridized carbons (Fsp3) is 0.364. The average molecular weight is 377 g/mol. The van der Waals surface area contributed by atoms with Gasteiger partial charge in [0.25, 0.3) is 5.56 Å². The van der Waals surface area contributed by atoms with Crippen LogP contribution in [-0.4, -0.2) is 38.6 Å². The first-order chi connectivity index (χ1) is 13.5. The van der Waals surface area contributed by atoms with E-state index >= 15 is 0 Å². The number of benzene rings is 1. The summed E-state index contributed by atoms with van der Waals surface area (Å²) in [5, 5.41) is 11.1. The number of nitrogens with one attached hydrogen (secondary N) is 1. The monoisotopic (exact) mass is 377 g/mol. The molecule has 1 fully saturated rings. The molecule has 3 aromatic rings. The Morgan fingerprint density at radius 2 is 2.07 bits per heavy atom. The van der Waals surface area contributed by atoms with Crippen molar-refractivity contribution in [2.45, 2.75) is 31.8 Å². The Hall–Kier alpha value is -2.86. The zero-order valence-corrected chi connectivity index (χ0v) is 15.8. The van der Waals surface area contributed by atoms with Gasteiger partial charge in [0.2, 0.25) is 0 Å². The molecule has 4 heterocycles. The van der Waals surface area contributed by atoms with Crippen molar-refractivity contribution in [1.29, 1.82) is 0 Å². The molecule has 1 aromatic carbocycles. The molecule has 3 atom stereocenters. The number of hydrogen-bond acceptors (Lipinski definition) is 3. The van der Waals surface area contributed by atoms with Crippen LogP contribution in [-0.2, 0) is 11.3 Å². The predicted molar refractivity (Wildman–Crippen MR) is 107 cm³/mol. The summed E-state index contributed by atoms with van der Waals surface area (Å²) < 4.78 is 1.88. The second kappa shape index (κ2) is 6.34. The highest BCUT2D eigenvalue weighted by atomic mass is 16.4. The molecule has 0 aliphatic carbocycles. The van der Waals surface area contributed by atoms with Gasteiger partial charge in [-0.2, -0.15) is 0 Å². The third kappa shape index (κ3) is 2.67. The number of pyridine rings is 1. The lowest BCUT2D eigenvalue weighted by Gasteiger charge is -2.44. The number of likely N-dealkylation sites (tertiary alicyclic amines) is 1. The van der Waals surface area contributed by atoms with E-state index in [2.05, 4.69) is 16.0 Å². The van der Waals surface area contributed by atoms with Gasteiger partial charge in [0, 0.05) is 60.0 Å². The minimum atomic E-state index is -0.826. The molecule has 2 aliphatic rings. The number of carbonyl (C=O) groups is 1. The van der Waals surface area contributed by atoms with Crippen LogP contribution in [0.5, 0.6) is 0 Å². The molecule has 0 spiro atoms. The highest BCUT2D eigenvalue weighted by molar-refractivity contribution is 5.89. The van der Waals surface area contributed by atoms with E-state index in [0.29, 0.717) is 25.6 Å². The van der Waals surface area contributed by atoms with E-state index in [1.165, 1.54) is 0 Å². The second-order valence-corrected chi connectivity index (χ2v) is 8.19. The first kappa shape index (κ1) is 17.3. The van der Waals surface area contributed by atoms with Crippen molar-refractivity contribution in [3.05, 3.63) is 69.8 Å². The van der Waals surface area contributed by atoms with E-state index in [9.17, 15) is 14.7 Å². The number of H-pyrrole nitrogens is 1. The highest BCUT2D eigenvalue weighted by Crippen LogP contribution is 2.39. The van der Waals surface area contributed by atoms with E-state index in [1.807, 2.05) is 42.0 Å². The molecule has 2 bridgehead atoms. The van der Waals surface area contributed by atoms with E-state index in [-0.39, 0.29) is 11.5 Å². The predicted octanol–water partition coefficient (Wildman–Crippen LogP) is 2.88. The Balaban J connectivity index is 1.55.